The molecule has 0 bridgehead atoms. The molecule has 0 saturated heterocycles. The molecule has 1 rings (SSSR count). The molecule has 16 heavy (non-hydrogen) atoms. The number of aromatic nitrogens is 1. The fraction of sp³-hybridized carbons (Fsp3) is 0.250. The predicted octanol–water partition coefficient (Wildman–Crippen LogP) is -0.281. The number of nitriles is 1. The fourth-order valence-electron chi connectivity index (χ4n) is 0.771. The highest BCUT2D eigenvalue weighted by atomic mass is 32.2. The summed E-state index contributed by atoms with van der Waals surface area (Å²) in [5.41, 5.74) is 5.19. The molecule has 0 aromatic carbocycles. The highest BCUT2D eigenvalue weighted by Gasteiger charge is 2.11. The van der Waals surface area contributed by atoms with Crippen LogP contribution in [0.1, 0.15) is 4.88 Å². The maximum Gasteiger partial charge on any atom is 0.247 e. The van der Waals surface area contributed by atoms with Crippen LogP contribution < -0.4 is 10.5 Å². The van der Waals surface area contributed by atoms with Crippen LogP contribution in [0.25, 0.3) is 0 Å². The van der Waals surface area contributed by atoms with Gasteiger partial charge in [-0.1, -0.05) is 23.2 Å². The zero-order valence-electron chi connectivity index (χ0n) is 8.10. The molecule has 0 unspecified atom stereocenters. The first-order chi connectivity index (χ1) is 7.57. The Hall–Kier alpha value is -1.61. The third-order valence-electron chi connectivity index (χ3n) is 1.32. The van der Waals surface area contributed by atoms with Crippen molar-refractivity contribution < 1.29 is 8.42 Å². The normalized spacial score (nSPS) is 10.0. The highest BCUT2D eigenvalue weighted by molar-refractivity contribution is 7.93. The molecular formula is C8H8N4O2S2. The lowest BCUT2D eigenvalue weighted by Gasteiger charge is -1.98. The molecule has 0 aliphatic carbocycles. The highest BCUT2D eigenvalue weighted by Crippen LogP contribution is 2.18. The van der Waals surface area contributed by atoms with Crippen molar-refractivity contribution >= 4 is 26.5 Å². The molecule has 0 spiro atoms. The monoisotopic (exact) mass is 256 g/mol. The van der Waals surface area contributed by atoms with Gasteiger partial charge in [-0.05, 0) is 0 Å². The molecule has 0 fully saturated rings. The van der Waals surface area contributed by atoms with Crippen molar-refractivity contribution in [1.29, 1.82) is 5.26 Å². The zero-order chi connectivity index (χ0) is 12.0. The molecule has 0 aliphatic heterocycles. The second-order valence-electron chi connectivity index (χ2n) is 2.55. The lowest BCUT2D eigenvalue weighted by molar-refractivity contribution is 0.604. The first kappa shape index (κ1) is 12.5. The summed E-state index contributed by atoms with van der Waals surface area (Å²) in [4.78, 5) is 4.42. The minimum atomic E-state index is -3.63. The number of hydrogen-bond donors (Lipinski definition) is 2. The smallest absolute Gasteiger partial charge is 0.247 e. The molecule has 84 valence electrons. The Bertz CT molecular complexity index is 559. The van der Waals surface area contributed by atoms with E-state index in [1.807, 2.05) is 0 Å². The van der Waals surface area contributed by atoms with Gasteiger partial charge < -0.3 is 5.73 Å². The molecule has 0 aliphatic rings. The Labute approximate surface area is 97.2 Å². The molecule has 0 saturated carbocycles. The summed E-state index contributed by atoms with van der Waals surface area (Å²) in [7, 11) is -3.63. The summed E-state index contributed by atoms with van der Waals surface area (Å²) in [5, 5.41) is 8.47. The Morgan fingerprint density at radius 2 is 2.38 bits per heavy atom. The number of thiazole rings is 1. The maximum atomic E-state index is 11.2. The molecule has 1 aromatic heterocycles. The van der Waals surface area contributed by atoms with Crippen molar-refractivity contribution in [1.82, 2.24) is 4.98 Å². The molecule has 1 aromatic rings. The second kappa shape index (κ2) is 5.47. The SMILES string of the molecule is N#CCS(=O)(=O)Nc1ncc(C#CCN)s1. The summed E-state index contributed by atoms with van der Waals surface area (Å²) < 4.78 is 24.6. The number of hydrogen-bond acceptors (Lipinski definition) is 6. The number of sulfonamides is 1. The van der Waals surface area contributed by atoms with Crippen LogP contribution in [0.2, 0.25) is 0 Å². The summed E-state index contributed by atoms with van der Waals surface area (Å²) in [6.45, 7) is 0.230. The minimum absolute atomic E-state index is 0.191. The molecule has 8 heteroatoms. The number of nitrogens with two attached hydrogens (primary N) is 1. The van der Waals surface area contributed by atoms with Crippen molar-refractivity contribution in [3.05, 3.63) is 11.1 Å². The van der Waals surface area contributed by atoms with E-state index in [9.17, 15) is 8.42 Å². The Kier molecular flexibility index (Phi) is 4.26. The topological polar surface area (TPSA) is 109 Å². The lowest BCUT2D eigenvalue weighted by Crippen LogP contribution is -2.15. The first-order valence-electron chi connectivity index (χ1n) is 4.09. The lowest BCUT2D eigenvalue weighted by atomic mass is 10.5. The van der Waals surface area contributed by atoms with Gasteiger partial charge in [-0.3, -0.25) is 4.72 Å². The second-order valence-corrected chi connectivity index (χ2v) is 5.31. The van der Waals surface area contributed by atoms with E-state index >= 15 is 0 Å². The van der Waals surface area contributed by atoms with Crippen LogP contribution in [0.3, 0.4) is 0 Å². The summed E-state index contributed by atoms with van der Waals surface area (Å²) in [6, 6.07) is 1.55. The van der Waals surface area contributed by atoms with Gasteiger partial charge in [0.25, 0.3) is 0 Å². The van der Waals surface area contributed by atoms with E-state index < -0.39 is 15.8 Å². The van der Waals surface area contributed by atoms with Crippen molar-refractivity contribution in [2.45, 2.75) is 0 Å². The third-order valence-corrected chi connectivity index (χ3v) is 3.29. The van der Waals surface area contributed by atoms with Gasteiger partial charge >= 0.3 is 0 Å². The van der Waals surface area contributed by atoms with Gasteiger partial charge in [0.2, 0.25) is 10.0 Å². The van der Waals surface area contributed by atoms with E-state index in [-0.39, 0.29) is 11.7 Å². The average Bonchev–Trinajstić information content (AvgIpc) is 2.61. The van der Waals surface area contributed by atoms with Gasteiger partial charge in [0.1, 0.15) is 0 Å². The molecule has 0 atom stereocenters. The van der Waals surface area contributed by atoms with Crippen molar-refractivity contribution in [2.24, 2.45) is 5.73 Å². The molecular weight excluding hydrogens is 248 g/mol. The maximum absolute atomic E-state index is 11.2. The van der Waals surface area contributed by atoms with Gasteiger partial charge in [0.15, 0.2) is 10.9 Å². The number of nitrogens with one attached hydrogen (secondary N) is 1. The van der Waals surface area contributed by atoms with Crippen LogP contribution in [-0.2, 0) is 10.0 Å². The van der Waals surface area contributed by atoms with Crippen LogP contribution in [-0.4, -0.2) is 25.7 Å². The number of nitrogens with zero attached hydrogens (tertiary/aromatic N) is 2. The van der Waals surface area contributed by atoms with Crippen LogP contribution in [0.15, 0.2) is 6.20 Å². The van der Waals surface area contributed by atoms with E-state index in [1.54, 1.807) is 6.07 Å². The molecule has 3 N–H and O–H groups in total. The predicted molar refractivity (Wildman–Crippen MR) is 61.1 cm³/mol. The molecule has 6 nitrogen and oxygen atoms in total. The van der Waals surface area contributed by atoms with Gasteiger partial charge in [-0.2, -0.15) is 5.26 Å². The average molecular weight is 256 g/mol. The number of anilines is 1. The van der Waals surface area contributed by atoms with Crippen LogP contribution in [0, 0.1) is 23.2 Å². The fourth-order valence-corrected chi connectivity index (χ4v) is 2.42. The standard InChI is InChI=1S/C8H8N4O2S2/c9-3-1-2-7-6-11-8(15-7)12-16(13,14)5-4-10/h6H,3,5,9H2,(H,11,12). The van der Waals surface area contributed by atoms with Gasteiger partial charge in [-0.15, -0.1) is 0 Å². The van der Waals surface area contributed by atoms with Crippen LogP contribution in [0.5, 0.6) is 0 Å². The van der Waals surface area contributed by atoms with E-state index in [0.29, 0.717) is 4.88 Å². The Balaban J connectivity index is 2.77. The van der Waals surface area contributed by atoms with Crippen molar-refractivity contribution in [2.75, 3.05) is 17.0 Å². The van der Waals surface area contributed by atoms with Gasteiger partial charge in [-0.25, -0.2) is 13.4 Å². The van der Waals surface area contributed by atoms with Gasteiger partial charge in [0, 0.05) is 0 Å². The van der Waals surface area contributed by atoms with E-state index in [4.69, 9.17) is 11.0 Å². The van der Waals surface area contributed by atoms with Crippen LogP contribution in [0.4, 0.5) is 5.13 Å². The summed E-state index contributed by atoms with van der Waals surface area (Å²) in [6.07, 6.45) is 1.44. The molecule has 1 heterocycles. The summed E-state index contributed by atoms with van der Waals surface area (Å²) in [5.74, 6) is 4.75. The third kappa shape index (κ3) is 3.87. The molecule has 0 radical (unpaired) electrons. The summed E-state index contributed by atoms with van der Waals surface area (Å²) >= 11 is 1.09. The minimum Gasteiger partial charge on any atom is -0.320 e. The van der Waals surface area contributed by atoms with E-state index in [0.717, 1.165) is 11.3 Å². The Morgan fingerprint density at radius 3 is 3.00 bits per heavy atom. The quantitative estimate of drug-likeness (QED) is 0.723. The van der Waals surface area contributed by atoms with Crippen molar-refractivity contribution in [3.8, 4) is 17.9 Å². The largest absolute Gasteiger partial charge is 0.320 e. The van der Waals surface area contributed by atoms with E-state index in [1.165, 1.54) is 6.20 Å². The van der Waals surface area contributed by atoms with Crippen molar-refractivity contribution in [3.63, 3.8) is 0 Å². The van der Waals surface area contributed by atoms with Crippen LogP contribution >= 0.6 is 11.3 Å². The zero-order valence-corrected chi connectivity index (χ0v) is 9.73. The first-order valence-corrected chi connectivity index (χ1v) is 6.56. The van der Waals surface area contributed by atoms with E-state index in [2.05, 4.69) is 21.5 Å². The van der Waals surface area contributed by atoms with Gasteiger partial charge in [0.05, 0.1) is 23.7 Å². The molecule has 0 amide bonds. The Morgan fingerprint density at radius 1 is 1.62 bits per heavy atom. The number of rotatable bonds is 3.